The third kappa shape index (κ3) is 1.57. The van der Waals surface area contributed by atoms with Crippen molar-refractivity contribution in [3.8, 4) is 0 Å². The van der Waals surface area contributed by atoms with Crippen LogP contribution in [0.1, 0.15) is 23.5 Å². The van der Waals surface area contributed by atoms with Crippen molar-refractivity contribution in [3.05, 3.63) is 35.4 Å². The van der Waals surface area contributed by atoms with Crippen molar-refractivity contribution in [1.82, 2.24) is 0 Å². The van der Waals surface area contributed by atoms with Gasteiger partial charge in [0.1, 0.15) is 0 Å². The van der Waals surface area contributed by atoms with Gasteiger partial charge in [-0.25, -0.2) is 0 Å². The van der Waals surface area contributed by atoms with E-state index in [4.69, 9.17) is 5.73 Å². The van der Waals surface area contributed by atoms with E-state index in [1.54, 1.807) is 0 Å². The van der Waals surface area contributed by atoms with Crippen LogP contribution in [0, 0.1) is 12.8 Å². The van der Waals surface area contributed by atoms with Crippen molar-refractivity contribution in [2.75, 3.05) is 0 Å². The predicted molar refractivity (Wildman–Crippen MR) is 51.2 cm³/mol. The summed E-state index contributed by atoms with van der Waals surface area (Å²) in [6, 6.07) is 8.32. The molecule has 2 nitrogen and oxygen atoms in total. The van der Waals surface area contributed by atoms with Gasteiger partial charge in [-0.3, -0.25) is 4.79 Å². The normalized spacial score (nSPS) is 25.6. The molecule has 13 heavy (non-hydrogen) atoms. The van der Waals surface area contributed by atoms with Crippen molar-refractivity contribution in [2.45, 2.75) is 19.3 Å². The summed E-state index contributed by atoms with van der Waals surface area (Å²) < 4.78 is 0. The van der Waals surface area contributed by atoms with Crippen LogP contribution >= 0.6 is 0 Å². The highest BCUT2D eigenvalue weighted by atomic mass is 16.1. The monoisotopic (exact) mass is 175 g/mol. The van der Waals surface area contributed by atoms with E-state index in [9.17, 15) is 4.79 Å². The second-order valence-electron chi connectivity index (χ2n) is 3.76. The van der Waals surface area contributed by atoms with Crippen LogP contribution in [0.25, 0.3) is 0 Å². The maximum Gasteiger partial charge on any atom is 0.221 e. The molecule has 2 rings (SSSR count). The van der Waals surface area contributed by atoms with Crippen LogP contribution in [0.5, 0.6) is 0 Å². The summed E-state index contributed by atoms with van der Waals surface area (Å²) in [4.78, 5) is 10.8. The second-order valence-corrected chi connectivity index (χ2v) is 3.76. The average Bonchev–Trinajstić information content (AvgIpc) is 2.85. The minimum atomic E-state index is -0.162. The maximum absolute atomic E-state index is 10.8. The van der Waals surface area contributed by atoms with E-state index in [0.29, 0.717) is 5.92 Å². The number of amides is 1. The highest BCUT2D eigenvalue weighted by Crippen LogP contribution is 2.46. The average molecular weight is 175 g/mol. The number of primary amides is 1. The molecule has 1 aromatic rings. The standard InChI is InChI=1S/C11H13NO/c1-7-2-4-8(5-3-7)9-6-10(9)11(12)13/h2-5,9-10H,6H2,1H3,(H2,12,13)/t9-,10?/m0/s1. The van der Waals surface area contributed by atoms with Crippen LogP contribution in [-0.4, -0.2) is 5.91 Å². The number of rotatable bonds is 2. The molecular formula is C11H13NO. The molecule has 68 valence electrons. The molecule has 1 unspecified atom stereocenters. The van der Waals surface area contributed by atoms with Crippen molar-refractivity contribution in [1.29, 1.82) is 0 Å². The summed E-state index contributed by atoms with van der Waals surface area (Å²) in [5.74, 6) is 0.311. The molecule has 1 fully saturated rings. The van der Waals surface area contributed by atoms with Crippen LogP contribution in [0.15, 0.2) is 24.3 Å². The summed E-state index contributed by atoms with van der Waals surface area (Å²) in [6.45, 7) is 2.06. The smallest absolute Gasteiger partial charge is 0.221 e. The van der Waals surface area contributed by atoms with E-state index in [1.807, 2.05) is 0 Å². The molecule has 1 saturated carbocycles. The lowest BCUT2D eigenvalue weighted by Crippen LogP contribution is -2.13. The van der Waals surface area contributed by atoms with Crippen LogP contribution in [0.4, 0.5) is 0 Å². The van der Waals surface area contributed by atoms with Gasteiger partial charge in [-0.05, 0) is 24.8 Å². The Hall–Kier alpha value is -1.31. The Labute approximate surface area is 77.8 Å². The Balaban J connectivity index is 2.12. The summed E-state index contributed by atoms with van der Waals surface area (Å²) in [5.41, 5.74) is 7.71. The van der Waals surface area contributed by atoms with Gasteiger partial charge in [0, 0.05) is 5.92 Å². The molecule has 1 aliphatic rings. The first-order chi connectivity index (χ1) is 6.18. The molecular weight excluding hydrogens is 162 g/mol. The fourth-order valence-corrected chi connectivity index (χ4v) is 1.69. The molecule has 2 atom stereocenters. The number of carbonyl (C=O) groups is 1. The first-order valence-corrected chi connectivity index (χ1v) is 4.54. The first kappa shape index (κ1) is 8.30. The molecule has 2 heteroatoms. The highest BCUT2D eigenvalue weighted by Gasteiger charge is 2.42. The van der Waals surface area contributed by atoms with Crippen LogP contribution in [0.3, 0.4) is 0 Å². The zero-order valence-electron chi connectivity index (χ0n) is 7.66. The van der Waals surface area contributed by atoms with Gasteiger partial charge in [0.25, 0.3) is 0 Å². The van der Waals surface area contributed by atoms with E-state index in [-0.39, 0.29) is 11.8 Å². The van der Waals surface area contributed by atoms with Crippen LogP contribution in [0.2, 0.25) is 0 Å². The molecule has 0 aromatic heterocycles. The summed E-state index contributed by atoms with van der Waals surface area (Å²) in [6.07, 6.45) is 0.929. The van der Waals surface area contributed by atoms with E-state index < -0.39 is 0 Å². The zero-order chi connectivity index (χ0) is 9.42. The number of hydrogen-bond acceptors (Lipinski definition) is 1. The van der Waals surface area contributed by atoms with Crippen molar-refractivity contribution >= 4 is 5.91 Å². The Kier molecular flexibility index (Phi) is 1.83. The van der Waals surface area contributed by atoms with Gasteiger partial charge in [-0.1, -0.05) is 29.8 Å². The van der Waals surface area contributed by atoms with Gasteiger partial charge >= 0.3 is 0 Å². The zero-order valence-corrected chi connectivity index (χ0v) is 7.66. The van der Waals surface area contributed by atoms with Gasteiger partial charge in [0.15, 0.2) is 0 Å². The number of benzene rings is 1. The van der Waals surface area contributed by atoms with Crippen molar-refractivity contribution in [2.24, 2.45) is 11.7 Å². The van der Waals surface area contributed by atoms with E-state index in [0.717, 1.165) is 6.42 Å². The number of nitrogens with two attached hydrogens (primary N) is 1. The molecule has 0 saturated heterocycles. The van der Waals surface area contributed by atoms with Crippen molar-refractivity contribution in [3.63, 3.8) is 0 Å². The van der Waals surface area contributed by atoms with Gasteiger partial charge in [-0.2, -0.15) is 0 Å². The Morgan fingerprint density at radius 2 is 2.00 bits per heavy atom. The lowest BCUT2D eigenvalue weighted by atomic mass is 10.1. The van der Waals surface area contributed by atoms with E-state index in [1.165, 1.54) is 11.1 Å². The van der Waals surface area contributed by atoms with Gasteiger partial charge in [0.05, 0.1) is 0 Å². The lowest BCUT2D eigenvalue weighted by Gasteiger charge is -1.98. The Morgan fingerprint density at radius 3 is 2.46 bits per heavy atom. The Bertz CT molecular complexity index is 328. The minimum absolute atomic E-state index is 0.0858. The molecule has 0 heterocycles. The topological polar surface area (TPSA) is 43.1 Å². The van der Waals surface area contributed by atoms with Gasteiger partial charge in [-0.15, -0.1) is 0 Å². The minimum Gasteiger partial charge on any atom is -0.369 e. The lowest BCUT2D eigenvalue weighted by molar-refractivity contribution is -0.119. The molecule has 0 bridgehead atoms. The first-order valence-electron chi connectivity index (χ1n) is 4.54. The van der Waals surface area contributed by atoms with Gasteiger partial charge in [0.2, 0.25) is 5.91 Å². The summed E-state index contributed by atoms with van der Waals surface area (Å²) >= 11 is 0. The largest absolute Gasteiger partial charge is 0.369 e. The number of aryl methyl sites for hydroxylation is 1. The SMILES string of the molecule is Cc1ccc([C@@H]2CC2C(N)=O)cc1. The molecule has 0 aliphatic heterocycles. The predicted octanol–water partition coefficient (Wildman–Crippen LogP) is 1.58. The Morgan fingerprint density at radius 1 is 1.38 bits per heavy atom. The quantitative estimate of drug-likeness (QED) is 0.728. The van der Waals surface area contributed by atoms with E-state index >= 15 is 0 Å². The molecule has 0 radical (unpaired) electrons. The van der Waals surface area contributed by atoms with Crippen molar-refractivity contribution < 1.29 is 4.79 Å². The summed E-state index contributed by atoms with van der Waals surface area (Å²) in [5, 5.41) is 0. The third-order valence-electron chi connectivity index (χ3n) is 2.66. The fourth-order valence-electron chi connectivity index (χ4n) is 1.69. The second kappa shape index (κ2) is 2.87. The molecule has 0 spiro atoms. The molecule has 2 N–H and O–H groups in total. The number of carbonyl (C=O) groups excluding carboxylic acids is 1. The van der Waals surface area contributed by atoms with Crippen LogP contribution < -0.4 is 5.73 Å². The molecule has 1 aliphatic carbocycles. The summed E-state index contributed by atoms with van der Waals surface area (Å²) in [7, 11) is 0. The third-order valence-corrected chi connectivity index (χ3v) is 2.66. The van der Waals surface area contributed by atoms with Crippen LogP contribution in [-0.2, 0) is 4.79 Å². The highest BCUT2D eigenvalue weighted by molar-refractivity contribution is 5.81. The maximum atomic E-state index is 10.8. The van der Waals surface area contributed by atoms with Gasteiger partial charge < -0.3 is 5.73 Å². The molecule has 1 aromatic carbocycles. The fraction of sp³-hybridized carbons (Fsp3) is 0.364. The number of hydrogen-bond donors (Lipinski definition) is 1. The molecule has 1 amide bonds. The van der Waals surface area contributed by atoms with E-state index in [2.05, 4.69) is 31.2 Å².